The highest BCUT2D eigenvalue weighted by molar-refractivity contribution is 5.68. The molecule has 0 spiro atoms. The molecule has 1 aromatic heterocycles. The Kier molecular flexibility index (Phi) is 4.32. The van der Waals surface area contributed by atoms with E-state index in [0.717, 1.165) is 31.0 Å². The fourth-order valence-corrected chi connectivity index (χ4v) is 3.27. The molecule has 1 amide bonds. The highest BCUT2D eigenvalue weighted by Crippen LogP contribution is 2.34. The van der Waals surface area contributed by atoms with Crippen molar-refractivity contribution in [2.75, 3.05) is 19.8 Å². The number of hydrogen-bond acceptors (Lipinski definition) is 5. The van der Waals surface area contributed by atoms with Crippen molar-refractivity contribution in [3.8, 4) is 0 Å². The van der Waals surface area contributed by atoms with Gasteiger partial charge in [-0.1, -0.05) is 13.8 Å². The van der Waals surface area contributed by atoms with Crippen LogP contribution in [-0.4, -0.2) is 51.1 Å². The van der Waals surface area contributed by atoms with Gasteiger partial charge in [0, 0.05) is 19.5 Å². The number of carbonyl (C=O) groups is 1. The average Bonchev–Trinajstić information content (AvgIpc) is 2.87. The quantitative estimate of drug-likeness (QED) is 0.788. The number of hydrogen-bond donors (Lipinski definition) is 0. The summed E-state index contributed by atoms with van der Waals surface area (Å²) >= 11 is 0. The van der Waals surface area contributed by atoms with Crippen molar-refractivity contribution in [2.24, 2.45) is 5.41 Å². The maximum atomic E-state index is 12.6. The Morgan fingerprint density at radius 3 is 2.79 bits per heavy atom. The lowest BCUT2D eigenvalue weighted by atomic mass is 9.85. The van der Waals surface area contributed by atoms with Gasteiger partial charge < -0.3 is 14.0 Å². The number of carbonyl (C=O) groups excluding carboxylic acids is 1. The molecular formula is C17H28N4O3. The molecular weight excluding hydrogens is 308 g/mol. The Labute approximate surface area is 143 Å². The second kappa shape index (κ2) is 6.02. The van der Waals surface area contributed by atoms with Gasteiger partial charge in [-0.25, -0.2) is 4.79 Å². The number of rotatable bonds is 1. The molecule has 0 radical (unpaired) electrons. The van der Waals surface area contributed by atoms with Crippen molar-refractivity contribution in [1.29, 1.82) is 0 Å². The van der Waals surface area contributed by atoms with E-state index in [1.807, 2.05) is 20.8 Å². The van der Waals surface area contributed by atoms with Gasteiger partial charge in [0.1, 0.15) is 17.5 Å². The van der Waals surface area contributed by atoms with Gasteiger partial charge in [-0.2, -0.15) is 0 Å². The molecule has 1 atom stereocenters. The summed E-state index contributed by atoms with van der Waals surface area (Å²) in [4.78, 5) is 14.3. The van der Waals surface area contributed by atoms with E-state index in [1.165, 1.54) is 0 Å². The van der Waals surface area contributed by atoms with Crippen molar-refractivity contribution >= 4 is 6.09 Å². The first-order valence-corrected chi connectivity index (χ1v) is 8.66. The SMILES string of the molecule is CC1(C)CCc2nnc(C3COCCN3C(=O)OC(C)(C)C)n2C1. The molecule has 2 aliphatic rings. The second-order valence-corrected chi connectivity index (χ2v) is 8.49. The summed E-state index contributed by atoms with van der Waals surface area (Å²) in [6, 6.07) is -0.247. The van der Waals surface area contributed by atoms with Crippen molar-refractivity contribution < 1.29 is 14.3 Å². The van der Waals surface area contributed by atoms with Crippen LogP contribution in [-0.2, 0) is 22.4 Å². The molecule has 1 fully saturated rings. The minimum Gasteiger partial charge on any atom is -0.444 e. The van der Waals surface area contributed by atoms with Gasteiger partial charge in [-0.3, -0.25) is 4.90 Å². The number of fused-ring (bicyclic) bond motifs is 1. The lowest BCUT2D eigenvalue weighted by Gasteiger charge is -2.37. The zero-order chi connectivity index (χ0) is 17.5. The molecule has 7 heteroatoms. The van der Waals surface area contributed by atoms with Crippen molar-refractivity contribution in [2.45, 2.75) is 65.6 Å². The van der Waals surface area contributed by atoms with Crippen molar-refractivity contribution in [3.05, 3.63) is 11.6 Å². The standard InChI is InChI=1S/C17H28N4O3/c1-16(2,3)24-15(22)20-8-9-23-10-12(20)14-19-18-13-6-7-17(4,5)11-21(13)14/h12H,6-11H2,1-5H3. The minimum absolute atomic E-state index is 0.205. The van der Waals surface area contributed by atoms with E-state index in [4.69, 9.17) is 9.47 Å². The Hall–Kier alpha value is -1.63. The van der Waals surface area contributed by atoms with Crippen LogP contribution in [0.15, 0.2) is 0 Å². The highest BCUT2D eigenvalue weighted by Gasteiger charge is 2.37. The number of amides is 1. The summed E-state index contributed by atoms with van der Waals surface area (Å²) in [5, 5.41) is 8.74. The zero-order valence-corrected chi connectivity index (χ0v) is 15.3. The van der Waals surface area contributed by atoms with E-state index in [0.29, 0.717) is 19.8 Å². The van der Waals surface area contributed by atoms with Gasteiger partial charge in [-0.05, 0) is 32.6 Å². The van der Waals surface area contributed by atoms with E-state index in [1.54, 1.807) is 4.90 Å². The summed E-state index contributed by atoms with van der Waals surface area (Å²) in [6.07, 6.45) is 1.70. The van der Waals surface area contributed by atoms with Gasteiger partial charge in [0.25, 0.3) is 0 Å². The minimum atomic E-state index is -0.522. The Morgan fingerprint density at radius 1 is 1.33 bits per heavy atom. The fourth-order valence-electron chi connectivity index (χ4n) is 3.27. The Balaban J connectivity index is 1.87. The van der Waals surface area contributed by atoms with Crippen LogP contribution in [0.5, 0.6) is 0 Å². The first-order chi connectivity index (χ1) is 11.2. The first-order valence-electron chi connectivity index (χ1n) is 8.66. The first kappa shape index (κ1) is 17.2. The number of morpholine rings is 1. The number of aryl methyl sites for hydroxylation is 1. The van der Waals surface area contributed by atoms with E-state index in [2.05, 4.69) is 28.6 Å². The largest absolute Gasteiger partial charge is 0.444 e. The van der Waals surface area contributed by atoms with Gasteiger partial charge in [0.05, 0.1) is 13.2 Å². The monoisotopic (exact) mass is 336 g/mol. The van der Waals surface area contributed by atoms with E-state index < -0.39 is 5.60 Å². The molecule has 1 aromatic rings. The van der Waals surface area contributed by atoms with Crippen LogP contribution >= 0.6 is 0 Å². The normalized spacial score (nSPS) is 23.7. The lowest BCUT2D eigenvalue weighted by Crippen LogP contribution is -2.47. The summed E-state index contributed by atoms with van der Waals surface area (Å²) in [7, 11) is 0. The Morgan fingerprint density at radius 2 is 2.08 bits per heavy atom. The molecule has 0 N–H and O–H groups in total. The van der Waals surface area contributed by atoms with Crippen LogP contribution in [0.2, 0.25) is 0 Å². The van der Waals surface area contributed by atoms with Crippen molar-refractivity contribution in [1.82, 2.24) is 19.7 Å². The number of ether oxygens (including phenoxy) is 2. The molecule has 3 rings (SSSR count). The molecule has 0 aliphatic carbocycles. The maximum absolute atomic E-state index is 12.6. The summed E-state index contributed by atoms with van der Waals surface area (Å²) in [6.45, 7) is 12.4. The molecule has 134 valence electrons. The van der Waals surface area contributed by atoms with E-state index in [9.17, 15) is 4.79 Å². The average molecular weight is 336 g/mol. The number of aromatic nitrogens is 3. The van der Waals surface area contributed by atoms with E-state index >= 15 is 0 Å². The lowest BCUT2D eigenvalue weighted by molar-refractivity contribution is -0.0363. The third kappa shape index (κ3) is 3.55. The Bertz CT molecular complexity index is 618. The molecule has 0 saturated carbocycles. The molecule has 7 nitrogen and oxygen atoms in total. The predicted octanol–water partition coefficient (Wildman–Crippen LogP) is 2.56. The summed E-state index contributed by atoms with van der Waals surface area (Å²) < 4.78 is 13.4. The van der Waals surface area contributed by atoms with E-state index in [-0.39, 0.29) is 17.6 Å². The van der Waals surface area contributed by atoms with Crippen molar-refractivity contribution in [3.63, 3.8) is 0 Å². The third-order valence-corrected chi connectivity index (χ3v) is 4.52. The predicted molar refractivity (Wildman–Crippen MR) is 88.6 cm³/mol. The molecule has 0 bridgehead atoms. The topological polar surface area (TPSA) is 69.5 Å². The smallest absolute Gasteiger partial charge is 0.411 e. The van der Waals surface area contributed by atoms with Crippen LogP contribution in [0.1, 0.15) is 58.7 Å². The summed E-state index contributed by atoms with van der Waals surface area (Å²) in [5.41, 5.74) is -0.317. The maximum Gasteiger partial charge on any atom is 0.411 e. The molecule has 1 saturated heterocycles. The molecule has 2 aliphatic heterocycles. The molecule has 24 heavy (non-hydrogen) atoms. The van der Waals surface area contributed by atoms with Gasteiger partial charge in [0.2, 0.25) is 0 Å². The third-order valence-electron chi connectivity index (χ3n) is 4.52. The van der Waals surface area contributed by atoms with Crippen LogP contribution in [0.3, 0.4) is 0 Å². The zero-order valence-electron chi connectivity index (χ0n) is 15.3. The van der Waals surface area contributed by atoms with Crippen LogP contribution in [0.25, 0.3) is 0 Å². The van der Waals surface area contributed by atoms with Gasteiger partial charge in [-0.15, -0.1) is 10.2 Å². The molecule has 3 heterocycles. The highest BCUT2D eigenvalue weighted by atomic mass is 16.6. The fraction of sp³-hybridized carbons (Fsp3) is 0.824. The second-order valence-electron chi connectivity index (χ2n) is 8.49. The molecule has 1 unspecified atom stereocenters. The molecule has 0 aromatic carbocycles. The van der Waals surface area contributed by atoms with Crippen LogP contribution in [0, 0.1) is 5.41 Å². The van der Waals surface area contributed by atoms with Crippen LogP contribution < -0.4 is 0 Å². The van der Waals surface area contributed by atoms with Crippen LogP contribution in [0.4, 0.5) is 4.79 Å². The van der Waals surface area contributed by atoms with Gasteiger partial charge >= 0.3 is 6.09 Å². The van der Waals surface area contributed by atoms with Gasteiger partial charge in [0.15, 0.2) is 5.82 Å². The number of nitrogens with zero attached hydrogens (tertiary/aromatic N) is 4. The summed E-state index contributed by atoms with van der Waals surface area (Å²) in [5.74, 6) is 1.81.